The summed E-state index contributed by atoms with van der Waals surface area (Å²) in [5, 5.41) is 22.8. The van der Waals surface area contributed by atoms with E-state index in [1.165, 1.54) is 84.9 Å². The number of hydrogen-bond donors (Lipinski definition) is 0. The van der Waals surface area contributed by atoms with Gasteiger partial charge in [-0.3, -0.25) is 20.2 Å². The van der Waals surface area contributed by atoms with Gasteiger partial charge in [-0.1, -0.05) is 35.3 Å². The van der Waals surface area contributed by atoms with Crippen molar-refractivity contribution < 1.29 is 53.8 Å². The van der Waals surface area contributed by atoms with Crippen LogP contribution in [0.5, 0.6) is 0 Å². The molecule has 0 N–H and O–H groups in total. The van der Waals surface area contributed by atoms with Gasteiger partial charge in [0.25, 0.3) is 11.4 Å². The first kappa shape index (κ1) is 43.0. The number of fused-ring (bicyclic) bond motifs is 2. The van der Waals surface area contributed by atoms with Crippen molar-refractivity contribution in [1.29, 1.82) is 0 Å². The summed E-state index contributed by atoms with van der Waals surface area (Å²) in [6.07, 6.45) is 0. The minimum Gasteiger partial charge on any atom is -0.310 e. The van der Waals surface area contributed by atoms with Crippen molar-refractivity contribution >= 4 is 80.8 Å². The molecule has 1 heterocycles. The van der Waals surface area contributed by atoms with Crippen molar-refractivity contribution in [3.63, 3.8) is 0 Å². The molecule has 21 heteroatoms. The monoisotopic (exact) mass is 928 g/mol. The van der Waals surface area contributed by atoms with Crippen molar-refractivity contribution in [2.45, 2.75) is 29.4 Å². The van der Waals surface area contributed by atoms with E-state index in [2.05, 4.69) is 0 Å². The number of halogens is 10. The second-order valence-corrected chi connectivity index (χ2v) is 16.3. The number of anilines is 6. The summed E-state index contributed by atoms with van der Waals surface area (Å²) in [5.41, 5.74) is 1.93. The second kappa shape index (κ2) is 16.9. The van der Waals surface area contributed by atoms with E-state index < -0.39 is 77.8 Å². The van der Waals surface area contributed by atoms with E-state index >= 15 is 0 Å². The molecule has 0 bridgehead atoms. The van der Waals surface area contributed by atoms with Gasteiger partial charge < -0.3 is 9.80 Å². The van der Waals surface area contributed by atoms with E-state index in [0.717, 1.165) is 11.8 Å². The molecule has 0 spiro atoms. The Labute approximate surface area is 360 Å². The summed E-state index contributed by atoms with van der Waals surface area (Å²) in [5.74, 6) is -21.4. The van der Waals surface area contributed by atoms with Crippen LogP contribution in [0.3, 0.4) is 0 Å². The van der Waals surface area contributed by atoms with Crippen LogP contribution in [0.25, 0.3) is 0 Å². The fourth-order valence-electron chi connectivity index (χ4n) is 6.40. The van der Waals surface area contributed by atoms with Crippen LogP contribution in [0.4, 0.5) is 89.4 Å². The fraction of sp³-hybridized carbons (Fsp3) is 0. The summed E-state index contributed by atoms with van der Waals surface area (Å²) >= 11 is 1.61. The second-order valence-electron chi connectivity index (χ2n) is 13.1. The molecule has 0 fully saturated rings. The standard InChI is InChI=1S/C42H18F10N4O4S3/c43-31-33(45)37(49)41(38(50)34(31)46)61-25-14-16-29-28(17-25)54(27-15-13-26(18-30(27)63-29)62-42-39(51)35(47)32(44)36(48)40(42)52)22-3-1-19(2-4-22)53(20-5-9-23(10-6-20)55(57)58)21-7-11-24(12-8-21)56(59)60/h1-18H. The Balaban J connectivity index is 1.23. The minimum absolute atomic E-state index is 0.0311. The third-order valence-corrected chi connectivity index (χ3v) is 12.6. The van der Waals surface area contributed by atoms with Crippen LogP contribution in [-0.4, -0.2) is 9.85 Å². The zero-order valence-corrected chi connectivity index (χ0v) is 33.3. The van der Waals surface area contributed by atoms with Gasteiger partial charge in [-0.2, -0.15) is 0 Å². The lowest BCUT2D eigenvalue weighted by Gasteiger charge is -2.34. The maximum atomic E-state index is 14.8. The van der Waals surface area contributed by atoms with Crippen molar-refractivity contribution in [2.24, 2.45) is 0 Å². The van der Waals surface area contributed by atoms with Gasteiger partial charge in [-0.25, -0.2) is 43.9 Å². The molecule has 0 aromatic heterocycles. The first-order chi connectivity index (χ1) is 30.0. The Bertz CT molecular complexity index is 2910. The number of non-ortho nitro benzene ring substituents is 2. The highest BCUT2D eigenvalue weighted by molar-refractivity contribution is 8.00. The molecule has 8 rings (SSSR count). The van der Waals surface area contributed by atoms with Gasteiger partial charge in [0.2, 0.25) is 11.6 Å². The molecular formula is C42H18F10N4O4S3. The number of rotatable bonds is 10. The highest BCUT2D eigenvalue weighted by Gasteiger charge is 2.31. The van der Waals surface area contributed by atoms with Crippen LogP contribution >= 0.6 is 35.3 Å². The van der Waals surface area contributed by atoms with Gasteiger partial charge in [0.1, 0.15) is 0 Å². The van der Waals surface area contributed by atoms with Crippen LogP contribution in [0.2, 0.25) is 0 Å². The van der Waals surface area contributed by atoms with Gasteiger partial charge in [-0.15, -0.1) is 0 Å². The highest BCUT2D eigenvalue weighted by Crippen LogP contribution is 2.54. The van der Waals surface area contributed by atoms with Crippen molar-refractivity contribution in [1.82, 2.24) is 0 Å². The van der Waals surface area contributed by atoms with E-state index in [1.807, 2.05) is 0 Å². The van der Waals surface area contributed by atoms with Crippen LogP contribution in [0.15, 0.2) is 139 Å². The summed E-state index contributed by atoms with van der Waals surface area (Å²) in [7, 11) is 0. The lowest BCUT2D eigenvalue weighted by atomic mass is 10.1. The van der Waals surface area contributed by atoms with Crippen molar-refractivity contribution in [2.75, 3.05) is 9.80 Å². The zero-order chi connectivity index (χ0) is 45.0. The quantitative estimate of drug-likeness (QED) is 0.0437. The van der Waals surface area contributed by atoms with E-state index in [-0.39, 0.29) is 44.7 Å². The van der Waals surface area contributed by atoms with Crippen LogP contribution < -0.4 is 9.80 Å². The molecule has 0 atom stereocenters. The molecule has 7 aromatic carbocycles. The van der Waals surface area contributed by atoms with Crippen LogP contribution in [0.1, 0.15) is 0 Å². The maximum absolute atomic E-state index is 14.8. The van der Waals surface area contributed by atoms with Gasteiger partial charge in [0, 0.05) is 66.6 Å². The lowest BCUT2D eigenvalue weighted by Crippen LogP contribution is -2.15. The summed E-state index contributed by atoms with van der Waals surface area (Å²) in [4.78, 5) is 23.5. The molecule has 63 heavy (non-hydrogen) atoms. The number of nitrogens with zero attached hydrogens (tertiary/aromatic N) is 4. The first-order valence-corrected chi connectivity index (χ1v) is 20.0. The Morgan fingerprint density at radius 3 is 1.25 bits per heavy atom. The topological polar surface area (TPSA) is 92.8 Å². The normalized spacial score (nSPS) is 11.9. The van der Waals surface area contributed by atoms with Crippen molar-refractivity contribution in [3.8, 4) is 0 Å². The molecule has 0 aliphatic carbocycles. The molecule has 0 saturated carbocycles. The molecule has 1 aliphatic heterocycles. The molecule has 8 nitrogen and oxygen atoms in total. The molecule has 0 unspecified atom stereocenters. The average molecular weight is 929 g/mol. The third-order valence-electron chi connectivity index (χ3n) is 9.35. The molecular weight excluding hydrogens is 911 g/mol. The Kier molecular flexibility index (Phi) is 11.5. The largest absolute Gasteiger partial charge is 0.310 e. The number of hydrogen-bond acceptors (Lipinski definition) is 9. The number of nitro groups is 2. The molecule has 7 aromatic rings. The van der Waals surface area contributed by atoms with Gasteiger partial charge in [0.15, 0.2) is 46.5 Å². The number of nitro benzene ring substituents is 2. The lowest BCUT2D eigenvalue weighted by molar-refractivity contribution is -0.385. The first-order valence-electron chi connectivity index (χ1n) is 17.6. The fourth-order valence-corrected chi connectivity index (χ4v) is 9.36. The molecule has 0 radical (unpaired) electrons. The molecule has 1 aliphatic rings. The Hall–Kier alpha value is -6.71. The minimum atomic E-state index is -2.33. The van der Waals surface area contributed by atoms with E-state index in [4.69, 9.17) is 0 Å². The third kappa shape index (κ3) is 7.87. The van der Waals surface area contributed by atoms with Gasteiger partial charge >= 0.3 is 0 Å². The Morgan fingerprint density at radius 1 is 0.444 bits per heavy atom. The van der Waals surface area contributed by atoms with Gasteiger partial charge in [0.05, 0.1) is 31.0 Å². The summed E-state index contributed by atoms with van der Waals surface area (Å²) in [6, 6.07) is 25.9. The maximum Gasteiger partial charge on any atom is 0.269 e. The predicted octanol–water partition coefficient (Wildman–Crippen LogP) is 14.6. The summed E-state index contributed by atoms with van der Waals surface area (Å²) < 4.78 is 143. The highest BCUT2D eigenvalue weighted by atomic mass is 32.2. The average Bonchev–Trinajstić information content (AvgIpc) is 3.29. The SMILES string of the molecule is O=[N+]([O-])c1ccc(N(c2ccc(N3c4ccc(Sc5c(F)c(F)c(F)c(F)c5F)cc4Sc4ccc(Sc5c(F)c(F)c(F)c(F)c5F)cc43)cc2)c2ccc([N+](=O)[O-])cc2)cc1. The van der Waals surface area contributed by atoms with Crippen LogP contribution in [-0.2, 0) is 0 Å². The van der Waals surface area contributed by atoms with E-state index in [1.54, 1.807) is 34.1 Å². The molecule has 0 amide bonds. The summed E-state index contributed by atoms with van der Waals surface area (Å²) in [6.45, 7) is 0. The van der Waals surface area contributed by atoms with Gasteiger partial charge in [-0.05, 0) is 84.9 Å². The molecule has 318 valence electrons. The van der Waals surface area contributed by atoms with Crippen molar-refractivity contribution in [3.05, 3.63) is 188 Å². The van der Waals surface area contributed by atoms with E-state index in [0.29, 0.717) is 43.9 Å². The van der Waals surface area contributed by atoms with Crippen LogP contribution in [0, 0.1) is 78.4 Å². The number of benzene rings is 7. The molecule has 0 saturated heterocycles. The smallest absolute Gasteiger partial charge is 0.269 e. The van der Waals surface area contributed by atoms with E-state index in [9.17, 15) is 64.1 Å². The predicted molar refractivity (Wildman–Crippen MR) is 214 cm³/mol. The Morgan fingerprint density at radius 2 is 0.825 bits per heavy atom. The zero-order valence-electron chi connectivity index (χ0n) is 30.8.